The van der Waals surface area contributed by atoms with Crippen molar-refractivity contribution in [1.29, 1.82) is 0 Å². The van der Waals surface area contributed by atoms with Gasteiger partial charge in [0.2, 0.25) is 0 Å². The number of hydrogen-bond acceptors (Lipinski definition) is 0. The van der Waals surface area contributed by atoms with Crippen LogP contribution in [0.1, 0.15) is 26.2 Å². The minimum Gasteiger partial charge on any atom is -0.343 e. The molecule has 0 aliphatic carbocycles. The van der Waals surface area contributed by atoms with Gasteiger partial charge in [-0.2, -0.15) is 12.3 Å². The molecule has 0 aromatic rings. The molecule has 1 atom stereocenters. The normalized spacial score (nSPS) is 12.4. The second kappa shape index (κ2) is 8.05. The summed E-state index contributed by atoms with van der Waals surface area (Å²) >= 11 is 0. The van der Waals surface area contributed by atoms with E-state index in [9.17, 15) is 0 Å². The minimum absolute atomic E-state index is 0. The molecule has 0 aliphatic heterocycles. The van der Waals surface area contributed by atoms with Crippen LogP contribution in [-0.2, 0) is 0 Å². The fourth-order valence-electron chi connectivity index (χ4n) is 0.493. The zero-order chi connectivity index (χ0) is 5.70. The molecule has 0 radical (unpaired) electrons. The average Bonchev–Trinajstić information content (AvgIpc) is 1.68. The van der Waals surface area contributed by atoms with Gasteiger partial charge in [-0.15, -0.1) is 6.42 Å². The second-order valence-electron chi connectivity index (χ2n) is 1.92. The van der Waals surface area contributed by atoms with Gasteiger partial charge in [0.05, 0.1) is 0 Å². The zero-order valence-corrected chi connectivity index (χ0v) is 9.78. The van der Waals surface area contributed by atoms with Crippen molar-refractivity contribution in [2.24, 2.45) is 5.92 Å². The summed E-state index contributed by atoms with van der Waals surface area (Å²) in [6.45, 7) is 9.80. The van der Waals surface area contributed by atoms with Crippen molar-refractivity contribution in [3.8, 4) is 0 Å². The quantitative estimate of drug-likeness (QED) is 0.695. The van der Waals surface area contributed by atoms with Gasteiger partial charge in [-0.3, -0.25) is 0 Å². The average molecular weight is 336 g/mol. The van der Waals surface area contributed by atoms with Crippen LogP contribution in [-0.4, -0.2) is 0 Å². The minimum atomic E-state index is 0. The summed E-state index contributed by atoms with van der Waals surface area (Å²) in [6, 6.07) is 0. The van der Waals surface area contributed by atoms with Crippen LogP contribution >= 0.6 is 0 Å². The monoisotopic (exact) mass is 336 g/mol. The molecule has 46 valence electrons. The largest absolute Gasteiger partial charge is 2.00 e. The molecule has 0 bridgehead atoms. The maximum absolute atomic E-state index is 3.91. The van der Waals surface area contributed by atoms with Crippen molar-refractivity contribution in [2.75, 3.05) is 0 Å². The molecular weight excluding hydrogens is 322 g/mol. The SMILES string of the molecule is [CH2-]CCC([CH2-])CC.[U+2]. The Bertz CT molecular complexity index is 35.4. The Hall–Kier alpha value is 1.05. The Morgan fingerprint density at radius 2 is 2.00 bits per heavy atom. The summed E-state index contributed by atoms with van der Waals surface area (Å²) < 4.78 is 0. The van der Waals surface area contributed by atoms with E-state index in [1.165, 1.54) is 12.8 Å². The first-order valence-corrected chi connectivity index (χ1v) is 2.93. The molecule has 0 aromatic heterocycles. The van der Waals surface area contributed by atoms with Crippen LogP contribution in [0.15, 0.2) is 0 Å². The topological polar surface area (TPSA) is 0 Å². The van der Waals surface area contributed by atoms with Gasteiger partial charge in [-0.1, -0.05) is 13.3 Å². The molecule has 0 spiro atoms. The third-order valence-electron chi connectivity index (χ3n) is 1.19. The van der Waals surface area contributed by atoms with E-state index in [0.29, 0.717) is 5.92 Å². The van der Waals surface area contributed by atoms with Gasteiger partial charge in [-0.05, 0) is 0 Å². The summed E-state index contributed by atoms with van der Waals surface area (Å²) in [6.07, 6.45) is 3.40. The maximum Gasteiger partial charge on any atom is 2.00 e. The molecule has 0 aliphatic rings. The Balaban J connectivity index is 0. The zero-order valence-electron chi connectivity index (χ0n) is 5.61. The molecule has 0 N–H and O–H groups in total. The van der Waals surface area contributed by atoms with Crippen molar-refractivity contribution in [3.63, 3.8) is 0 Å². The summed E-state index contributed by atoms with van der Waals surface area (Å²) in [5.74, 6) is 0.637. The smallest absolute Gasteiger partial charge is 0.343 e. The van der Waals surface area contributed by atoms with Crippen LogP contribution in [0, 0.1) is 50.9 Å². The number of rotatable bonds is 3. The van der Waals surface area contributed by atoms with Crippen LogP contribution in [0.5, 0.6) is 0 Å². The van der Waals surface area contributed by atoms with Crippen molar-refractivity contribution in [3.05, 3.63) is 13.8 Å². The molecule has 0 fully saturated rings. The van der Waals surface area contributed by atoms with Crippen molar-refractivity contribution in [2.45, 2.75) is 26.2 Å². The predicted molar refractivity (Wildman–Crippen MR) is 33.7 cm³/mol. The Kier molecular flexibility index (Phi) is 11.9. The molecular formula is C7H14U. The van der Waals surface area contributed by atoms with Gasteiger partial charge < -0.3 is 13.8 Å². The first-order valence-electron chi connectivity index (χ1n) is 2.93. The summed E-state index contributed by atoms with van der Waals surface area (Å²) in [4.78, 5) is 0. The van der Waals surface area contributed by atoms with E-state index >= 15 is 0 Å². The summed E-state index contributed by atoms with van der Waals surface area (Å²) in [7, 11) is 0. The molecule has 1 unspecified atom stereocenters. The van der Waals surface area contributed by atoms with Gasteiger partial charge in [0.25, 0.3) is 0 Å². The van der Waals surface area contributed by atoms with Crippen LogP contribution in [0.25, 0.3) is 0 Å². The molecule has 0 nitrogen and oxygen atoms in total. The Morgan fingerprint density at radius 3 is 2.12 bits per heavy atom. The molecule has 0 saturated carbocycles. The molecule has 0 amide bonds. The first-order chi connectivity index (χ1) is 3.31. The number of hydrogen-bond donors (Lipinski definition) is 0. The molecule has 1 heteroatoms. The maximum atomic E-state index is 3.91. The van der Waals surface area contributed by atoms with E-state index in [-0.39, 0.29) is 31.1 Å². The fourth-order valence-corrected chi connectivity index (χ4v) is 0.493. The van der Waals surface area contributed by atoms with E-state index in [4.69, 9.17) is 0 Å². The third-order valence-corrected chi connectivity index (χ3v) is 1.19. The van der Waals surface area contributed by atoms with Gasteiger partial charge in [0, 0.05) is 0 Å². The van der Waals surface area contributed by atoms with Crippen molar-refractivity contribution in [1.82, 2.24) is 0 Å². The molecule has 0 heterocycles. The van der Waals surface area contributed by atoms with Gasteiger partial charge >= 0.3 is 31.1 Å². The van der Waals surface area contributed by atoms with Crippen molar-refractivity contribution >= 4 is 0 Å². The van der Waals surface area contributed by atoms with Crippen LogP contribution in [0.4, 0.5) is 0 Å². The van der Waals surface area contributed by atoms with Crippen molar-refractivity contribution < 1.29 is 31.1 Å². The predicted octanol–water partition coefficient (Wildman–Crippen LogP) is 2.46. The Morgan fingerprint density at radius 1 is 1.50 bits per heavy atom. The molecule has 0 rings (SSSR count). The van der Waals surface area contributed by atoms with Crippen LogP contribution in [0.2, 0.25) is 0 Å². The van der Waals surface area contributed by atoms with E-state index < -0.39 is 0 Å². The van der Waals surface area contributed by atoms with E-state index in [2.05, 4.69) is 20.8 Å². The summed E-state index contributed by atoms with van der Waals surface area (Å²) in [5, 5.41) is 0. The Labute approximate surface area is 76.8 Å². The standard InChI is InChI=1S/C7H14.U/c1-4-6-7(3)5-2;/h7H,1,3-6H2,2H3;/q-2;+2. The van der Waals surface area contributed by atoms with E-state index in [1.807, 2.05) is 0 Å². The van der Waals surface area contributed by atoms with Gasteiger partial charge in [0.1, 0.15) is 0 Å². The fraction of sp³-hybridized carbons (Fsp3) is 0.714. The second-order valence-corrected chi connectivity index (χ2v) is 1.92. The van der Waals surface area contributed by atoms with E-state index in [1.54, 1.807) is 0 Å². The van der Waals surface area contributed by atoms with Gasteiger partial charge in [0.15, 0.2) is 0 Å². The molecule has 8 heavy (non-hydrogen) atoms. The van der Waals surface area contributed by atoms with Crippen LogP contribution < -0.4 is 0 Å². The third kappa shape index (κ3) is 7.05. The first kappa shape index (κ1) is 11.8. The van der Waals surface area contributed by atoms with E-state index in [0.717, 1.165) is 6.42 Å². The molecule has 0 aromatic carbocycles. The van der Waals surface area contributed by atoms with Crippen LogP contribution in [0.3, 0.4) is 0 Å². The van der Waals surface area contributed by atoms with Gasteiger partial charge in [-0.25, -0.2) is 0 Å². The summed E-state index contributed by atoms with van der Waals surface area (Å²) in [5.41, 5.74) is 0. The molecule has 0 saturated heterocycles.